The molecule has 0 aliphatic heterocycles. The highest BCUT2D eigenvalue weighted by atomic mass is 16.6. The van der Waals surface area contributed by atoms with Gasteiger partial charge in [0.15, 0.2) is 5.75 Å². The first kappa shape index (κ1) is 14.8. The van der Waals surface area contributed by atoms with Gasteiger partial charge in [0.25, 0.3) is 0 Å². The van der Waals surface area contributed by atoms with Crippen LogP contribution in [0.4, 0.5) is 5.69 Å². The van der Waals surface area contributed by atoms with Crippen molar-refractivity contribution in [2.45, 2.75) is 13.5 Å². The minimum absolute atomic E-state index is 0.0672. The van der Waals surface area contributed by atoms with E-state index in [1.165, 1.54) is 12.3 Å². The van der Waals surface area contributed by atoms with E-state index >= 15 is 0 Å². The summed E-state index contributed by atoms with van der Waals surface area (Å²) in [6, 6.07) is 14.2. The quantitative estimate of drug-likeness (QED) is 0.523. The molecule has 0 amide bonds. The van der Waals surface area contributed by atoms with E-state index in [9.17, 15) is 10.1 Å². The van der Waals surface area contributed by atoms with E-state index in [4.69, 9.17) is 9.15 Å². The van der Waals surface area contributed by atoms with Crippen molar-refractivity contribution in [3.05, 3.63) is 76.2 Å². The topological polar surface area (TPSA) is 78.4 Å². The summed E-state index contributed by atoms with van der Waals surface area (Å²) >= 11 is 0. The number of aryl methyl sites for hydroxylation is 1. The number of hydrogen-bond acceptors (Lipinski definition) is 5. The summed E-state index contributed by atoms with van der Waals surface area (Å²) < 4.78 is 11.0. The van der Waals surface area contributed by atoms with Crippen molar-refractivity contribution < 1.29 is 14.1 Å². The maximum atomic E-state index is 11.0. The van der Waals surface area contributed by atoms with Gasteiger partial charge in [0.2, 0.25) is 5.89 Å². The van der Waals surface area contributed by atoms with Gasteiger partial charge in [0.05, 0.1) is 4.92 Å². The normalized spacial score (nSPS) is 10.5. The number of hydrogen-bond donors (Lipinski definition) is 0. The van der Waals surface area contributed by atoms with Crippen molar-refractivity contribution in [3.8, 4) is 17.2 Å². The van der Waals surface area contributed by atoms with Crippen molar-refractivity contribution in [2.75, 3.05) is 0 Å². The lowest BCUT2D eigenvalue weighted by molar-refractivity contribution is -0.386. The predicted molar refractivity (Wildman–Crippen MR) is 84.1 cm³/mol. The Morgan fingerprint density at radius 2 is 2.00 bits per heavy atom. The Hall–Kier alpha value is -3.15. The fourth-order valence-corrected chi connectivity index (χ4v) is 2.13. The number of nitro groups is 1. The zero-order valence-electron chi connectivity index (χ0n) is 12.4. The summed E-state index contributed by atoms with van der Waals surface area (Å²) in [7, 11) is 0. The first-order chi connectivity index (χ1) is 11.1. The summed E-state index contributed by atoms with van der Waals surface area (Å²) in [5, 5.41) is 11.0. The molecule has 0 saturated heterocycles. The molecule has 0 N–H and O–H groups in total. The Morgan fingerprint density at radius 3 is 2.74 bits per heavy atom. The molecule has 0 saturated carbocycles. The molecule has 0 atom stereocenters. The van der Waals surface area contributed by atoms with Crippen molar-refractivity contribution >= 4 is 5.69 Å². The van der Waals surface area contributed by atoms with Crippen molar-refractivity contribution in [1.29, 1.82) is 0 Å². The van der Waals surface area contributed by atoms with E-state index in [0.717, 1.165) is 11.1 Å². The van der Waals surface area contributed by atoms with E-state index in [2.05, 4.69) is 4.98 Å². The van der Waals surface area contributed by atoms with Gasteiger partial charge in [-0.3, -0.25) is 10.1 Å². The molecule has 1 aromatic heterocycles. The molecule has 3 aromatic rings. The van der Waals surface area contributed by atoms with Gasteiger partial charge in [0, 0.05) is 11.6 Å². The van der Waals surface area contributed by atoms with E-state index in [1.54, 1.807) is 12.1 Å². The van der Waals surface area contributed by atoms with Crippen LogP contribution >= 0.6 is 0 Å². The molecule has 6 nitrogen and oxygen atoms in total. The van der Waals surface area contributed by atoms with Crippen LogP contribution in [-0.4, -0.2) is 9.91 Å². The number of nitrogens with zero attached hydrogens (tertiary/aromatic N) is 2. The number of aromatic nitrogens is 1. The molecule has 6 heteroatoms. The molecule has 3 rings (SSSR count). The van der Waals surface area contributed by atoms with Crippen LogP contribution in [0.5, 0.6) is 5.75 Å². The average molecular weight is 310 g/mol. The second-order valence-corrected chi connectivity index (χ2v) is 5.03. The molecule has 0 aliphatic carbocycles. The second-order valence-electron chi connectivity index (χ2n) is 5.03. The van der Waals surface area contributed by atoms with Crippen LogP contribution in [0.15, 0.2) is 59.2 Å². The first-order valence-electron chi connectivity index (χ1n) is 7.01. The van der Waals surface area contributed by atoms with Crippen LogP contribution in [0.1, 0.15) is 11.3 Å². The largest absolute Gasteiger partial charge is 0.480 e. The molecule has 0 spiro atoms. The number of ether oxygens (including phenoxy) is 1. The maximum absolute atomic E-state index is 11.0. The number of benzene rings is 2. The third-order valence-electron chi connectivity index (χ3n) is 3.26. The van der Waals surface area contributed by atoms with Crippen molar-refractivity contribution in [3.63, 3.8) is 0 Å². The highest BCUT2D eigenvalue weighted by molar-refractivity contribution is 5.52. The van der Waals surface area contributed by atoms with Gasteiger partial charge in [0.1, 0.15) is 18.6 Å². The Kier molecular flexibility index (Phi) is 4.05. The van der Waals surface area contributed by atoms with Gasteiger partial charge in [-0.25, -0.2) is 4.98 Å². The summed E-state index contributed by atoms with van der Waals surface area (Å²) in [5.41, 5.74) is 2.25. The zero-order chi connectivity index (χ0) is 16.2. The minimum atomic E-state index is -0.465. The fraction of sp³-hybridized carbons (Fsp3) is 0.118. The monoisotopic (exact) mass is 310 g/mol. The molecule has 0 bridgehead atoms. The van der Waals surface area contributed by atoms with Crippen LogP contribution in [0.3, 0.4) is 0 Å². The molecule has 0 aliphatic rings. The molecule has 116 valence electrons. The lowest BCUT2D eigenvalue weighted by atomic mass is 10.2. The predicted octanol–water partition coefficient (Wildman–Crippen LogP) is 4.14. The van der Waals surface area contributed by atoms with Crippen LogP contribution in [0.25, 0.3) is 11.5 Å². The summed E-state index contributed by atoms with van der Waals surface area (Å²) in [6.07, 6.45) is 1.49. The lowest BCUT2D eigenvalue weighted by Crippen LogP contribution is -2.00. The van der Waals surface area contributed by atoms with Gasteiger partial charge in [-0.05, 0) is 30.7 Å². The molecule has 2 aromatic carbocycles. The molecule has 0 radical (unpaired) electrons. The van der Waals surface area contributed by atoms with E-state index < -0.39 is 4.92 Å². The molecule has 0 unspecified atom stereocenters. The Labute approximate surface area is 132 Å². The van der Waals surface area contributed by atoms with E-state index in [-0.39, 0.29) is 18.0 Å². The molecule has 0 fully saturated rings. The third kappa shape index (κ3) is 3.37. The Morgan fingerprint density at radius 1 is 1.22 bits per heavy atom. The Balaban J connectivity index is 1.76. The number of nitro benzene ring substituents is 1. The average Bonchev–Trinajstić information content (AvgIpc) is 3.02. The van der Waals surface area contributed by atoms with Gasteiger partial charge in [-0.1, -0.05) is 24.3 Å². The number of oxazole rings is 1. The molecular weight excluding hydrogens is 296 g/mol. The summed E-state index contributed by atoms with van der Waals surface area (Å²) in [6.45, 7) is 1.95. The van der Waals surface area contributed by atoms with Gasteiger partial charge in [-0.15, -0.1) is 0 Å². The van der Waals surface area contributed by atoms with E-state index in [0.29, 0.717) is 11.6 Å². The fourth-order valence-electron chi connectivity index (χ4n) is 2.13. The standard InChI is InChI=1S/C17H14N2O4/c1-12-7-8-15(19(20)21)16(9-12)22-10-14-11-23-17(18-14)13-5-3-2-4-6-13/h2-9,11H,10H2,1H3. The van der Waals surface area contributed by atoms with Crippen molar-refractivity contribution in [2.24, 2.45) is 0 Å². The van der Waals surface area contributed by atoms with Crippen LogP contribution in [0.2, 0.25) is 0 Å². The third-order valence-corrected chi connectivity index (χ3v) is 3.26. The molecule has 1 heterocycles. The minimum Gasteiger partial charge on any atom is -0.480 e. The Bertz CT molecular complexity index is 828. The first-order valence-corrected chi connectivity index (χ1v) is 7.01. The highest BCUT2D eigenvalue weighted by Crippen LogP contribution is 2.28. The van der Waals surface area contributed by atoms with Gasteiger partial charge >= 0.3 is 5.69 Å². The van der Waals surface area contributed by atoms with Crippen LogP contribution in [-0.2, 0) is 6.61 Å². The zero-order valence-corrected chi connectivity index (χ0v) is 12.4. The van der Waals surface area contributed by atoms with Crippen LogP contribution < -0.4 is 4.74 Å². The van der Waals surface area contributed by atoms with Gasteiger partial charge in [-0.2, -0.15) is 0 Å². The highest BCUT2D eigenvalue weighted by Gasteiger charge is 2.16. The lowest BCUT2D eigenvalue weighted by Gasteiger charge is -2.05. The van der Waals surface area contributed by atoms with Crippen molar-refractivity contribution in [1.82, 2.24) is 4.98 Å². The maximum Gasteiger partial charge on any atom is 0.310 e. The molecule has 23 heavy (non-hydrogen) atoms. The van der Waals surface area contributed by atoms with Gasteiger partial charge < -0.3 is 9.15 Å². The second kappa shape index (κ2) is 6.31. The summed E-state index contributed by atoms with van der Waals surface area (Å²) in [4.78, 5) is 14.9. The SMILES string of the molecule is Cc1ccc([N+](=O)[O-])c(OCc2coc(-c3ccccc3)n2)c1. The number of rotatable bonds is 5. The summed E-state index contributed by atoms with van der Waals surface area (Å²) in [5.74, 6) is 0.710. The molecular formula is C17H14N2O4. The smallest absolute Gasteiger partial charge is 0.310 e. The van der Waals surface area contributed by atoms with Crippen LogP contribution in [0, 0.1) is 17.0 Å². The van der Waals surface area contributed by atoms with E-state index in [1.807, 2.05) is 37.3 Å².